The minimum atomic E-state index is -1.16. The van der Waals surface area contributed by atoms with Crippen LogP contribution in [0.3, 0.4) is 0 Å². The third-order valence-electron chi connectivity index (χ3n) is 14.5. The van der Waals surface area contributed by atoms with Gasteiger partial charge in [0.1, 0.15) is 6.10 Å². The standard InChI is InChI=1S/C63H121NO4/c1-3-5-7-9-11-13-15-17-19-21-23-24-25-26-27-28-29-30-31-32-33-34-35-36-37-38-40-42-44-46-48-50-52-54-56-58-62(67)64-60(59-65)63(68)61(66)57-55-53-51-49-47-45-43-41-39-22-20-18-16-14-12-10-8-6-4-2/h25-26,28-29,49,51,60-61,63,65-66,68H,3-24,27,30-48,50,52-59H2,1-2H3,(H,64,67)/b26-25-,29-28-,51-49+. The largest absolute Gasteiger partial charge is 0.394 e. The van der Waals surface area contributed by atoms with E-state index in [4.69, 9.17) is 0 Å². The molecule has 0 fully saturated rings. The summed E-state index contributed by atoms with van der Waals surface area (Å²) in [6, 6.07) is -0.826. The molecule has 0 aromatic rings. The quantitative estimate of drug-likeness (QED) is 0.0361. The molecule has 1 amide bonds. The lowest BCUT2D eigenvalue weighted by Crippen LogP contribution is -2.50. The van der Waals surface area contributed by atoms with Crippen LogP contribution < -0.4 is 5.32 Å². The minimum absolute atomic E-state index is 0.149. The Kier molecular flexibility index (Phi) is 56.9. The zero-order valence-corrected chi connectivity index (χ0v) is 46.0. The predicted molar refractivity (Wildman–Crippen MR) is 301 cm³/mol. The van der Waals surface area contributed by atoms with Crippen LogP contribution in [0.25, 0.3) is 0 Å². The van der Waals surface area contributed by atoms with Crippen LogP contribution in [-0.2, 0) is 4.79 Å². The van der Waals surface area contributed by atoms with Gasteiger partial charge in [-0.05, 0) is 70.6 Å². The number of hydrogen-bond donors (Lipinski definition) is 4. The van der Waals surface area contributed by atoms with Crippen LogP contribution in [-0.4, -0.2) is 46.1 Å². The monoisotopic (exact) mass is 956 g/mol. The average molecular weight is 957 g/mol. The van der Waals surface area contributed by atoms with E-state index in [1.807, 2.05) is 0 Å². The van der Waals surface area contributed by atoms with Gasteiger partial charge in [0.15, 0.2) is 0 Å². The maximum atomic E-state index is 12.5. The van der Waals surface area contributed by atoms with Gasteiger partial charge in [0.25, 0.3) is 0 Å². The summed E-state index contributed by atoms with van der Waals surface area (Å²) < 4.78 is 0. The topological polar surface area (TPSA) is 89.8 Å². The molecule has 0 aliphatic heterocycles. The van der Waals surface area contributed by atoms with Gasteiger partial charge in [0.05, 0.1) is 18.8 Å². The molecule has 0 aliphatic carbocycles. The molecule has 0 aliphatic rings. The lowest BCUT2D eigenvalue weighted by atomic mass is 10.0. The SMILES string of the molecule is CCCCCCCCCCCCC/C=C\C/C=C\CCCCCCCCCCCCCCCCCCCC(=O)NC(CO)C(O)C(O)CCC/C=C/CCCCCCCCCCCCCCCC. The highest BCUT2D eigenvalue weighted by Crippen LogP contribution is 2.18. The van der Waals surface area contributed by atoms with Gasteiger partial charge in [-0.25, -0.2) is 0 Å². The van der Waals surface area contributed by atoms with Gasteiger partial charge in [-0.2, -0.15) is 0 Å². The normalized spacial score (nSPS) is 13.4. The highest BCUT2D eigenvalue weighted by Gasteiger charge is 2.26. The predicted octanol–water partition coefficient (Wildman–Crippen LogP) is 19.4. The number of carbonyl (C=O) groups is 1. The van der Waals surface area contributed by atoms with Crippen LogP contribution in [0.5, 0.6) is 0 Å². The zero-order chi connectivity index (χ0) is 49.3. The number of allylic oxidation sites excluding steroid dienone is 6. The van der Waals surface area contributed by atoms with Crippen LogP contribution >= 0.6 is 0 Å². The van der Waals surface area contributed by atoms with Gasteiger partial charge < -0.3 is 20.6 Å². The molecular formula is C63H121NO4. The molecule has 5 heteroatoms. The van der Waals surface area contributed by atoms with Crippen molar-refractivity contribution >= 4 is 5.91 Å². The highest BCUT2D eigenvalue weighted by molar-refractivity contribution is 5.76. The Hall–Kier alpha value is -1.43. The van der Waals surface area contributed by atoms with Crippen LogP contribution in [0.2, 0.25) is 0 Å². The van der Waals surface area contributed by atoms with Crippen molar-refractivity contribution in [2.75, 3.05) is 6.61 Å². The molecule has 4 N–H and O–H groups in total. The number of unbranched alkanes of at least 4 members (excludes halogenated alkanes) is 43. The molecule has 0 heterocycles. The number of carbonyl (C=O) groups excluding carboxylic acids is 1. The maximum absolute atomic E-state index is 12.5. The molecule has 0 radical (unpaired) electrons. The molecule has 0 saturated carbocycles. The summed E-state index contributed by atoms with van der Waals surface area (Å²) in [5, 5.41) is 33.8. The van der Waals surface area contributed by atoms with Crippen molar-refractivity contribution in [2.45, 2.75) is 353 Å². The smallest absolute Gasteiger partial charge is 0.220 e. The first-order chi connectivity index (χ1) is 33.6. The second-order valence-corrected chi connectivity index (χ2v) is 21.3. The first kappa shape index (κ1) is 66.6. The zero-order valence-electron chi connectivity index (χ0n) is 46.0. The van der Waals surface area contributed by atoms with Crippen LogP contribution in [0.15, 0.2) is 36.5 Å². The van der Waals surface area contributed by atoms with E-state index in [0.29, 0.717) is 12.8 Å². The Bertz CT molecular complexity index is 1060. The highest BCUT2D eigenvalue weighted by atomic mass is 16.3. The Morgan fingerprint density at radius 1 is 0.368 bits per heavy atom. The number of aliphatic hydroxyl groups excluding tert-OH is 3. The summed E-state index contributed by atoms with van der Waals surface area (Å²) in [6.07, 6.45) is 76.1. The summed E-state index contributed by atoms with van der Waals surface area (Å²) >= 11 is 0. The summed E-state index contributed by atoms with van der Waals surface area (Å²) in [4.78, 5) is 12.5. The fourth-order valence-electron chi connectivity index (χ4n) is 9.73. The fraction of sp³-hybridized carbons (Fsp3) is 0.889. The Balaban J connectivity index is 3.51. The van der Waals surface area contributed by atoms with Crippen molar-refractivity contribution in [1.82, 2.24) is 5.32 Å². The van der Waals surface area contributed by atoms with Crippen molar-refractivity contribution in [3.63, 3.8) is 0 Å². The number of nitrogens with one attached hydrogen (secondary N) is 1. The van der Waals surface area contributed by atoms with Crippen LogP contribution in [0.1, 0.15) is 335 Å². The molecule has 3 unspecified atom stereocenters. The second kappa shape index (κ2) is 58.1. The lowest BCUT2D eigenvalue weighted by Gasteiger charge is -2.26. The Labute approximate surface area is 425 Å². The maximum Gasteiger partial charge on any atom is 0.220 e. The van der Waals surface area contributed by atoms with Gasteiger partial charge in [-0.3, -0.25) is 4.79 Å². The van der Waals surface area contributed by atoms with Gasteiger partial charge in [-0.1, -0.05) is 294 Å². The van der Waals surface area contributed by atoms with E-state index in [9.17, 15) is 20.1 Å². The Morgan fingerprint density at radius 3 is 0.941 bits per heavy atom. The van der Waals surface area contributed by atoms with Gasteiger partial charge in [0, 0.05) is 6.42 Å². The molecular weight excluding hydrogens is 835 g/mol. The number of aliphatic hydroxyl groups is 3. The molecule has 5 nitrogen and oxygen atoms in total. The molecule has 0 saturated heterocycles. The van der Waals surface area contributed by atoms with E-state index in [2.05, 4.69) is 55.6 Å². The number of hydrogen-bond acceptors (Lipinski definition) is 4. The molecule has 3 atom stereocenters. The van der Waals surface area contributed by atoms with Crippen molar-refractivity contribution in [1.29, 1.82) is 0 Å². The minimum Gasteiger partial charge on any atom is -0.394 e. The first-order valence-electron chi connectivity index (χ1n) is 30.8. The fourth-order valence-corrected chi connectivity index (χ4v) is 9.73. The molecule has 0 bridgehead atoms. The summed E-state index contributed by atoms with van der Waals surface area (Å²) in [5.41, 5.74) is 0. The molecule has 0 rings (SSSR count). The average Bonchev–Trinajstić information content (AvgIpc) is 3.34. The molecule has 402 valence electrons. The van der Waals surface area contributed by atoms with Gasteiger partial charge in [-0.15, -0.1) is 0 Å². The van der Waals surface area contributed by atoms with E-state index in [1.165, 1.54) is 263 Å². The lowest BCUT2D eigenvalue weighted by molar-refractivity contribution is -0.124. The second-order valence-electron chi connectivity index (χ2n) is 21.3. The third-order valence-corrected chi connectivity index (χ3v) is 14.5. The summed E-state index contributed by atoms with van der Waals surface area (Å²) in [6.45, 7) is 4.20. The first-order valence-corrected chi connectivity index (χ1v) is 30.8. The van der Waals surface area contributed by atoms with Gasteiger partial charge in [0.2, 0.25) is 5.91 Å². The van der Waals surface area contributed by atoms with Crippen LogP contribution in [0.4, 0.5) is 0 Å². The van der Waals surface area contributed by atoms with Crippen LogP contribution in [0, 0.1) is 0 Å². The van der Waals surface area contributed by atoms with E-state index >= 15 is 0 Å². The Morgan fingerprint density at radius 2 is 0.632 bits per heavy atom. The van der Waals surface area contributed by atoms with Crippen molar-refractivity contribution in [3.05, 3.63) is 36.5 Å². The van der Waals surface area contributed by atoms with E-state index in [1.54, 1.807) is 0 Å². The van der Waals surface area contributed by atoms with Crippen molar-refractivity contribution in [3.8, 4) is 0 Å². The van der Waals surface area contributed by atoms with E-state index in [0.717, 1.165) is 44.9 Å². The van der Waals surface area contributed by atoms with E-state index in [-0.39, 0.29) is 12.5 Å². The third kappa shape index (κ3) is 52.4. The van der Waals surface area contributed by atoms with Crippen molar-refractivity contribution in [2.24, 2.45) is 0 Å². The molecule has 0 spiro atoms. The summed E-state index contributed by atoms with van der Waals surface area (Å²) in [5.74, 6) is -0.149. The molecule has 68 heavy (non-hydrogen) atoms. The molecule has 0 aromatic heterocycles. The van der Waals surface area contributed by atoms with Crippen molar-refractivity contribution < 1.29 is 20.1 Å². The number of amides is 1. The van der Waals surface area contributed by atoms with E-state index < -0.39 is 18.2 Å². The summed E-state index contributed by atoms with van der Waals surface area (Å²) in [7, 11) is 0. The van der Waals surface area contributed by atoms with Gasteiger partial charge >= 0.3 is 0 Å². The molecule has 0 aromatic carbocycles. The number of rotatable bonds is 57.